The van der Waals surface area contributed by atoms with Crippen LogP contribution in [0.3, 0.4) is 0 Å². The molecule has 7 N–H and O–H groups in total. The Morgan fingerprint density at radius 2 is 1.77 bits per heavy atom. The number of ketones is 2. The number of likely N-dealkylation sites (N-methyl/N-ethyl adjacent to an activating group) is 1. The molecule has 4 atom stereocenters. The van der Waals surface area contributed by atoms with Crippen molar-refractivity contribution < 1.29 is 39.2 Å². The van der Waals surface area contributed by atoms with Crippen LogP contribution in [0.25, 0.3) is 0 Å². The van der Waals surface area contributed by atoms with Crippen LogP contribution in [-0.2, 0) is 29.1 Å². The molecule has 0 fully saturated rings. The first-order chi connectivity index (χ1) is 16.3. The van der Waals surface area contributed by atoms with Crippen LogP contribution in [0.5, 0.6) is 5.75 Å². The summed E-state index contributed by atoms with van der Waals surface area (Å²) < 4.78 is 15.5. The number of nitrogens with two attached hydrogens (primary N) is 1. The molecule has 1 aromatic carbocycles. The quantitative estimate of drug-likeness (QED) is 0.320. The number of carbonyl (C=O) groups excluding carboxylic acids is 3. The van der Waals surface area contributed by atoms with E-state index in [1.807, 2.05) is 0 Å². The lowest BCUT2D eigenvalue weighted by atomic mass is 9.53. The lowest BCUT2D eigenvalue weighted by molar-refractivity contribution is -0.150. The van der Waals surface area contributed by atoms with Gasteiger partial charge in [-0.05, 0) is 26.9 Å². The highest BCUT2D eigenvalue weighted by molar-refractivity contribution is 6.25. The number of halogens is 1. The minimum Gasteiger partial charge on any atom is -0.510 e. The maximum Gasteiger partial charge on any atom is 0.255 e. The summed E-state index contributed by atoms with van der Waals surface area (Å²) in [5, 5.41) is 47.6. The largest absolute Gasteiger partial charge is 0.510 e. The van der Waals surface area contributed by atoms with Crippen molar-refractivity contribution in [2.75, 3.05) is 14.1 Å². The van der Waals surface area contributed by atoms with Crippen LogP contribution in [0.15, 0.2) is 22.7 Å². The SMILES string of the molecule is CN(C)[C@@H]1C(O)=C(C(N)=O)C(=O)[C@@]2(O)C(O)=C3C(=O)c4c(O)c5c(c(F)c4C[C@@]3(C)C[C@@H]12)CNC5. The Labute approximate surface area is 199 Å². The van der Waals surface area contributed by atoms with E-state index in [2.05, 4.69) is 5.32 Å². The maximum atomic E-state index is 15.5. The molecular formula is C24H26FN3O7. The van der Waals surface area contributed by atoms with Gasteiger partial charge in [-0.2, -0.15) is 0 Å². The molecule has 0 radical (unpaired) electrons. The third-order valence-electron chi connectivity index (χ3n) is 8.05. The molecule has 5 rings (SSSR count). The zero-order valence-electron chi connectivity index (χ0n) is 19.4. The van der Waals surface area contributed by atoms with E-state index in [1.165, 1.54) is 4.90 Å². The van der Waals surface area contributed by atoms with Gasteiger partial charge in [0.2, 0.25) is 5.78 Å². The van der Waals surface area contributed by atoms with Gasteiger partial charge in [0, 0.05) is 46.7 Å². The van der Waals surface area contributed by atoms with Crippen LogP contribution >= 0.6 is 0 Å². The zero-order valence-corrected chi connectivity index (χ0v) is 19.4. The van der Waals surface area contributed by atoms with Crippen LogP contribution in [0.4, 0.5) is 4.39 Å². The molecule has 0 saturated heterocycles. The number of nitrogens with zero attached hydrogens (tertiary/aromatic N) is 1. The van der Waals surface area contributed by atoms with Crippen molar-refractivity contribution in [2.24, 2.45) is 17.1 Å². The summed E-state index contributed by atoms with van der Waals surface area (Å²) >= 11 is 0. The molecule has 0 bridgehead atoms. The zero-order chi connectivity index (χ0) is 25.8. The van der Waals surface area contributed by atoms with E-state index in [4.69, 9.17) is 5.73 Å². The number of hydrogen-bond acceptors (Lipinski definition) is 9. The standard InChI is InChI=1S/C24H26FN3O7/c1-23-4-8-12(17(29)10-7-27-6-9(10)15(8)25)18(30)14(23)21(33)24(35)11(5-23)16(28(2)3)19(31)13(20(24)32)22(26)34/h11,16,27,29,31,33,35H,4-7H2,1-3H3,(H2,26,34)/t11-,16-,23-,24+/m0/s1. The predicted molar refractivity (Wildman–Crippen MR) is 119 cm³/mol. The first kappa shape index (κ1) is 23.5. The van der Waals surface area contributed by atoms with Crippen molar-refractivity contribution >= 4 is 17.5 Å². The molecule has 11 heteroatoms. The van der Waals surface area contributed by atoms with Gasteiger partial charge in [-0.1, -0.05) is 6.92 Å². The molecule has 35 heavy (non-hydrogen) atoms. The van der Waals surface area contributed by atoms with Crippen LogP contribution in [0, 0.1) is 17.2 Å². The highest BCUT2D eigenvalue weighted by Gasteiger charge is 2.65. The molecule has 1 aromatic rings. The fourth-order valence-corrected chi connectivity index (χ4v) is 6.51. The number of primary amides is 1. The van der Waals surface area contributed by atoms with Gasteiger partial charge in [-0.15, -0.1) is 0 Å². The fourth-order valence-electron chi connectivity index (χ4n) is 6.51. The van der Waals surface area contributed by atoms with E-state index in [0.29, 0.717) is 0 Å². The van der Waals surface area contributed by atoms with Crippen molar-refractivity contribution in [1.29, 1.82) is 0 Å². The number of rotatable bonds is 2. The number of amides is 1. The van der Waals surface area contributed by atoms with Gasteiger partial charge < -0.3 is 31.5 Å². The number of allylic oxidation sites excluding steroid dienone is 1. The minimum absolute atomic E-state index is 0.000526. The van der Waals surface area contributed by atoms with E-state index in [-0.39, 0.29) is 53.8 Å². The maximum absolute atomic E-state index is 15.5. The van der Waals surface area contributed by atoms with Crippen molar-refractivity contribution in [3.8, 4) is 5.75 Å². The summed E-state index contributed by atoms with van der Waals surface area (Å²) in [6.07, 6.45) is -0.220. The molecule has 1 aliphatic heterocycles. The highest BCUT2D eigenvalue weighted by atomic mass is 19.1. The van der Waals surface area contributed by atoms with Gasteiger partial charge >= 0.3 is 0 Å². The summed E-state index contributed by atoms with van der Waals surface area (Å²) in [5.41, 5.74) is 0.342. The van der Waals surface area contributed by atoms with Gasteiger partial charge in [0.25, 0.3) is 5.91 Å². The molecular weight excluding hydrogens is 461 g/mol. The monoisotopic (exact) mass is 487 g/mol. The van der Waals surface area contributed by atoms with Gasteiger partial charge in [0.15, 0.2) is 11.4 Å². The number of aromatic hydroxyl groups is 1. The number of aliphatic hydroxyl groups excluding tert-OH is 2. The van der Waals surface area contributed by atoms with Crippen molar-refractivity contribution in [3.63, 3.8) is 0 Å². The third-order valence-corrected chi connectivity index (χ3v) is 8.05. The number of Topliss-reactive ketones (excluding diaryl/α,β-unsaturated/α-hetero) is 2. The second-order valence-corrected chi connectivity index (χ2v) is 10.3. The van der Waals surface area contributed by atoms with Crippen LogP contribution in [0.2, 0.25) is 0 Å². The minimum atomic E-state index is -2.74. The van der Waals surface area contributed by atoms with Crippen molar-refractivity contribution in [3.05, 3.63) is 50.7 Å². The van der Waals surface area contributed by atoms with E-state index in [9.17, 15) is 34.8 Å². The van der Waals surface area contributed by atoms with Crippen LogP contribution < -0.4 is 11.1 Å². The number of phenolic OH excluding ortho intramolecular Hbond substituents is 1. The number of phenols is 1. The predicted octanol–water partition coefficient (Wildman–Crippen LogP) is 0.253. The van der Waals surface area contributed by atoms with E-state index in [1.54, 1.807) is 21.0 Å². The Hall–Kier alpha value is -3.28. The third kappa shape index (κ3) is 2.71. The average Bonchev–Trinajstić information content (AvgIpc) is 3.24. The molecule has 0 spiro atoms. The van der Waals surface area contributed by atoms with Crippen LogP contribution in [-0.4, -0.2) is 68.5 Å². The highest BCUT2D eigenvalue weighted by Crippen LogP contribution is 2.58. The Morgan fingerprint density at radius 1 is 1.14 bits per heavy atom. The summed E-state index contributed by atoms with van der Waals surface area (Å²) in [6.45, 7) is 1.94. The van der Waals surface area contributed by atoms with Gasteiger partial charge in [-0.25, -0.2) is 4.39 Å². The fraction of sp³-hybridized carbons (Fsp3) is 0.458. The van der Waals surface area contributed by atoms with Crippen molar-refractivity contribution in [1.82, 2.24) is 10.2 Å². The molecule has 186 valence electrons. The van der Waals surface area contributed by atoms with Gasteiger partial charge in [0.1, 0.15) is 28.7 Å². The molecule has 3 aliphatic carbocycles. The second-order valence-electron chi connectivity index (χ2n) is 10.3. The van der Waals surface area contributed by atoms with Gasteiger partial charge in [0.05, 0.1) is 11.6 Å². The Kier molecular flexibility index (Phi) is 4.77. The summed E-state index contributed by atoms with van der Waals surface area (Å²) in [7, 11) is 3.09. The molecule has 10 nitrogen and oxygen atoms in total. The number of fused-ring (bicyclic) bond motifs is 4. The topological polar surface area (TPSA) is 173 Å². The van der Waals surface area contributed by atoms with Gasteiger partial charge in [-0.3, -0.25) is 19.3 Å². The first-order valence-electron chi connectivity index (χ1n) is 11.2. The molecule has 4 aliphatic rings. The molecule has 0 aromatic heterocycles. The molecule has 1 amide bonds. The lowest BCUT2D eigenvalue weighted by Gasteiger charge is -2.53. The average molecular weight is 487 g/mol. The molecule has 1 heterocycles. The normalized spacial score (nSPS) is 31.9. The summed E-state index contributed by atoms with van der Waals surface area (Å²) in [4.78, 5) is 40.5. The second kappa shape index (κ2) is 7.12. The van der Waals surface area contributed by atoms with E-state index >= 15 is 4.39 Å². The Morgan fingerprint density at radius 3 is 2.37 bits per heavy atom. The molecule has 0 saturated carbocycles. The number of hydrogen-bond donors (Lipinski definition) is 6. The lowest BCUT2D eigenvalue weighted by Crippen LogP contribution is -2.65. The van der Waals surface area contributed by atoms with Crippen LogP contribution in [0.1, 0.15) is 40.4 Å². The number of aliphatic hydroxyl groups is 3. The number of benzene rings is 1. The first-order valence-corrected chi connectivity index (χ1v) is 11.2. The smallest absolute Gasteiger partial charge is 0.255 e. The number of carbonyl (C=O) groups is 3. The van der Waals surface area contributed by atoms with Crippen molar-refractivity contribution in [2.45, 2.75) is 44.5 Å². The summed E-state index contributed by atoms with van der Waals surface area (Å²) in [5.74, 6) is -7.34. The Balaban J connectivity index is 1.79. The number of nitrogens with one attached hydrogen (secondary N) is 1. The summed E-state index contributed by atoms with van der Waals surface area (Å²) in [6, 6.07) is -1.11. The molecule has 0 unspecified atom stereocenters. The van der Waals surface area contributed by atoms with E-state index < -0.39 is 69.1 Å². The Bertz CT molecular complexity index is 1320. The van der Waals surface area contributed by atoms with E-state index in [0.717, 1.165) is 0 Å².